The molecule has 22 heavy (non-hydrogen) atoms. The van der Waals surface area contributed by atoms with Gasteiger partial charge in [-0.3, -0.25) is 9.59 Å². The molecule has 2 heterocycles. The molecule has 114 valence electrons. The number of nitrogens with one attached hydrogen (secondary N) is 2. The number of fused-ring (bicyclic) bond motifs is 3. The molecular weight excluding hydrogens is 286 g/mol. The number of carbonyl (C=O) groups is 1. The SMILES string of the molecule is COCCNC(=O)c1nnn2c1c(=O)[nH]c1cc(C)ccc12. The zero-order chi connectivity index (χ0) is 15.7. The molecular formula is C14H15N5O3. The molecule has 0 unspecified atom stereocenters. The first-order valence-corrected chi connectivity index (χ1v) is 6.77. The van der Waals surface area contributed by atoms with Crippen LogP contribution in [0.25, 0.3) is 16.6 Å². The number of hydrogen-bond donors (Lipinski definition) is 2. The predicted molar refractivity (Wildman–Crippen MR) is 80.1 cm³/mol. The van der Waals surface area contributed by atoms with E-state index in [1.807, 2.05) is 25.1 Å². The van der Waals surface area contributed by atoms with Crippen molar-refractivity contribution in [3.05, 3.63) is 39.8 Å². The molecule has 0 aliphatic carbocycles. The van der Waals surface area contributed by atoms with E-state index in [0.29, 0.717) is 24.2 Å². The van der Waals surface area contributed by atoms with Crippen LogP contribution in [0.1, 0.15) is 16.1 Å². The average molecular weight is 301 g/mol. The summed E-state index contributed by atoms with van der Waals surface area (Å²) >= 11 is 0. The maximum atomic E-state index is 12.3. The maximum absolute atomic E-state index is 12.3. The lowest BCUT2D eigenvalue weighted by Crippen LogP contribution is -2.28. The van der Waals surface area contributed by atoms with Gasteiger partial charge in [0.2, 0.25) is 0 Å². The Balaban J connectivity index is 2.13. The van der Waals surface area contributed by atoms with Crippen LogP contribution in [-0.2, 0) is 4.74 Å². The molecule has 0 radical (unpaired) electrons. The molecule has 0 saturated carbocycles. The van der Waals surface area contributed by atoms with Crippen molar-refractivity contribution in [1.82, 2.24) is 25.1 Å². The van der Waals surface area contributed by atoms with Gasteiger partial charge in [0.05, 0.1) is 17.6 Å². The number of H-pyrrole nitrogens is 1. The smallest absolute Gasteiger partial charge is 0.277 e. The molecule has 0 atom stereocenters. The number of rotatable bonds is 4. The summed E-state index contributed by atoms with van der Waals surface area (Å²) in [5, 5.41) is 10.4. The summed E-state index contributed by atoms with van der Waals surface area (Å²) in [4.78, 5) is 27.1. The van der Waals surface area contributed by atoms with E-state index in [-0.39, 0.29) is 11.2 Å². The number of aromatic nitrogens is 4. The first-order chi connectivity index (χ1) is 10.6. The predicted octanol–water partition coefficient (Wildman–Crippen LogP) is 0.255. The van der Waals surface area contributed by atoms with E-state index in [1.54, 1.807) is 7.11 Å². The Kier molecular flexibility index (Phi) is 3.60. The van der Waals surface area contributed by atoms with Crippen LogP contribution in [0.15, 0.2) is 23.0 Å². The average Bonchev–Trinajstić information content (AvgIpc) is 2.93. The second-order valence-electron chi connectivity index (χ2n) is 4.92. The Morgan fingerprint density at radius 3 is 3.05 bits per heavy atom. The lowest BCUT2D eigenvalue weighted by molar-refractivity contribution is 0.0933. The lowest BCUT2D eigenvalue weighted by Gasteiger charge is -2.03. The molecule has 0 aliphatic rings. The van der Waals surface area contributed by atoms with Crippen LogP contribution in [0.5, 0.6) is 0 Å². The highest BCUT2D eigenvalue weighted by Gasteiger charge is 2.19. The van der Waals surface area contributed by atoms with Crippen molar-refractivity contribution < 1.29 is 9.53 Å². The minimum Gasteiger partial charge on any atom is -0.383 e. The monoisotopic (exact) mass is 301 g/mol. The van der Waals surface area contributed by atoms with Gasteiger partial charge in [-0.1, -0.05) is 11.3 Å². The number of methoxy groups -OCH3 is 1. The molecule has 3 rings (SSSR count). The molecule has 0 bridgehead atoms. The molecule has 2 aromatic heterocycles. The number of nitrogens with zero attached hydrogens (tertiary/aromatic N) is 3. The third kappa shape index (κ3) is 2.33. The maximum Gasteiger partial charge on any atom is 0.277 e. The zero-order valence-electron chi connectivity index (χ0n) is 12.2. The Morgan fingerprint density at radius 2 is 2.27 bits per heavy atom. The first-order valence-electron chi connectivity index (χ1n) is 6.77. The van der Waals surface area contributed by atoms with Gasteiger partial charge in [0.15, 0.2) is 11.2 Å². The normalized spacial score (nSPS) is 11.2. The molecule has 8 heteroatoms. The van der Waals surface area contributed by atoms with Crippen LogP contribution in [0.2, 0.25) is 0 Å². The topological polar surface area (TPSA) is 101 Å². The quantitative estimate of drug-likeness (QED) is 0.673. The third-order valence-electron chi connectivity index (χ3n) is 3.32. The van der Waals surface area contributed by atoms with Crippen molar-refractivity contribution in [2.45, 2.75) is 6.92 Å². The zero-order valence-corrected chi connectivity index (χ0v) is 12.2. The summed E-state index contributed by atoms with van der Waals surface area (Å²) < 4.78 is 6.25. The van der Waals surface area contributed by atoms with E-state index < -0.39 is 11.5 Å². The van der Waals surface area contributed by atoms with E-state index in [0.717, 1.165) is 5.56 Å². The molecule has 0 saturated heterocycles. The number of amides is 1. The number of benzene rings is 1. The van der Waals surface area contributed by atoms with Crippen molar-refractivity contribution in [3.63, 3.8) is 0 Å². The molecule has 2 N–H and O–H groups in total. The number of aryl methyl sites for hydroxylation is 1. The highest BCUT2D eigenvalue weighted by Crippen LogP contribution is 2.14. The van der Waals surface area contributed by atoms with Gasteiger partial charge in [-0.25, -0.2) is 4.52 Å². The van der Waals surface area contributed by atoms with E-state index in [4.69, 9.17) is 4.74 Å². The van der Waals surface area contributed by atoms with Gasteiger partial charge in [0.25, 0.3) is 11.5 Å². The van der Waals surface area contributed by atoms with Crippen molar-refractivity contribution >= 4 is 22.5 Å². The number of carbonyl (C=O) groups excluding carboxylic acids is 1. The van der Waals surface area contributed by atoms with Gasteiger partial charge in [0.1, 0.15) is 0 Å². The summed E-state index contributed by atoms with van der Waals surface area (Å²) in [5.41, 5.74) is 2.07. The van der Waals surface area contributed by atoms with Crippen LogP contribution in [0.3, 0.4) is 0 Å². The van der Waals surface area contributed by atoms with Crippen molar-refractivity contribution in [2.24, 2.45) is 0 Å². The third-order valence-corrected chi connectivity index (χ3v) is 3.32. The molecule has 8 nitrogen and oxygen atoms in total. The minimum atomic E-state index is -0.455. The van der Waals surface area contributed by atoms with E-state index in [2.05, 4.69) is 20.6 Å². The van der Waals surface area contributed by atoms with Gasteiger partial charge in [0, 0.05) is 13.7 Å². The van der Waals surface area contributed by atoms with Crippen molar-refractivity contribution in [1.29, 1.82) is 0 Å². The summed E-state index contributed by atoms with van der Waals surface area (Å²) in [6.07, 6.45) is 0. The van der Waals surface area contributed by atoms with Gasteiger partial charge in [-0.2, -0.15) is 0 Å². The fourth-order valence-corrected chi connectivity index (χ4v) is 2.27. The van der Waals surface area contributed by atoms with Gasteiger partial charge in [-0.05, 0) is 24.6 Å². The molecule has 0 fully saturated rings. The molecule has 1 amide bonds. The summed E-state index contributed by atoms with van der Waals surface area (Å²) in [6.45, 7) is 2.64. The van der Waals surface area contributed by atoms with Crippen LogP contribution in [-0.4, -0.2) is 46.0 Å². The van der Waals surface area contributed by atoms with Crippen LogP contribution >= 0.6 is 0 Å². The minimum absolute atomic E-state index is 0.000159. The number of hydrogen-bond acceptors (Lipinski definition) is 5. The second kappa shape index (κ2) is 5.57. The first kappa shape index (κ1) is 14.2. The van der Waals surface area contributed by atoms with Gasteiger partial charge >= 0.3 is 0 Å². The largest absolute Gasteiger partial charge is 0.383 e. The number of aromatic amines is 1. The summed E-state index contributed by atoms with van der Waals surface area (Å²) in [7, 11) is 1.54. The molecule has 0 spiro atoms. The second-order valence-corrected chi connectivity index (χ2v) is 4.92. The Labute approximate surface area is 125 Å². The fourth-order valence-electron chi connectivity index (χ4n) is 2.27. The number of ether oxygens (including phenoxy) is 1. The van der Waals surface area contributed by atoms with Gasteiger partial charge < -0.3 is 15.0 Å². The van der Waals surface area contributed by atoms with Crippen molar-refractivity contribution in [3.8, 4) is 0 Å². The Morgan fingerprint density at radius 1 is 1.45 bits per heavy atom. The highest BCUT2D eigenvalue weighted by atomic mass is 16.5. The fraction of sp³-hybridized carbons (Fsp3) is 0.286. The summed E-state index contributed by atoms with van der Waals surface area (Å²) in [5.74, 6) is -0.455. The van der Waals surface area contributed by atoms with E-state index >= 15 is 0 Å². The van der Waals surface area contributed by atoms with Crippen molar-refractivity contribution in [2.75, 3.05) is 20.3 Å². The lowest BCUT2D eigenvalue weighted by atomic mass is 10.2. The standard InChI is InChI=1S/C14H15N5O3/c1-8-3-4-10-9(7-8)16-14(21)12-11(17-18-19(10)12)13(20)15-5-6-22-2/h3-4,7H,5-6H2,1-2H3,(H,15,20)(H,16,21). The molecule has 1 aromatic carbocycles. The van der Waals surface area contributed by atoms with Gasteiger partial charge in [-0.15, -0.1) is 5.10 Å². The van der Waals surface area contributed by atoms with E-state index in [1.165, 1.54) is 4.52 Å². The van der Waals surface area contributed by atoms with E-state index in [9.17, 15) is 9.59 Å². The van der Waals surface area contributed by atoms with Crippen LogP contribution in [0, 0.1) is 6.92 Å². The highest BCUT2D eigenvalue weighted by molar-refractivity contribution is 5.99. The Bertz CT molecular complexity index is 912. The van der Waals surface area contributed by atoms with Crippen LogP contribution < -0.4 is 10.9 Å². The summed E-state index contributed by atoms with van der Waals surface area (Å²) in [6, 6.07) is 5.57. The molecule has 0 aliphatic heterocycles. The molecule has 3 aromatic rings. The van der Waals surface area contributed by atoms with Crippen LogP contribution in [0.4, 0.5) is 0 Å². The Hall–Kier alpha value is -2.74.